The lowest BCUT2D eigenvalue weighted by Crippen LogP contribution is -2.48. The molecule has 2 aliphatic rings. The number of halogens is 6. The number of nitrogens with zero attached hydrogens (tertiary/aromatic N) is 6. The van der Waals surface area contributed by atoms with Crippen LogP contribution in [0.4, 0.5) is 26.3 Å². The first kappa shape index (κ1) is 36.3. The van der Waals surface area contributed by atoms with Crippen LogP contribution in [-0.4, -0.2) is 75.2 Å². The summed E-state index contributed by atoms with van der Waals surface area (Å²) in [7, 11) is 2.57. The first-order valence-corrected chi connectivity index (χ1v) is 16.7. The smallest absolute Gasteiger partial charge is 0.416 e. The maximum absolute atomic E-state index is 14.7. The number of rotatable bonds is 7. The van der Waals surface area contributed by atoms with Gasteiger partial charge in [0.05, 0.1) is 65.4 Å². The molecule has 274 valence electrons. The van der Waals surface area contributed by atoms with Gasteiger partial charge >= 0.3 is 12.4 Å². The molecule has 0 saturated carbocycles. The molecule has 1 amide bonds. The van der Waals surface area contributed by atoms with Gasteiger partial charge in [0.2, 0.25) is 0 Å². The molecule has 0 bridgehead atoms. The van der Waals surface area contributed by atoms with Gasteiger partial charge in [-0.1, -0.05) is 0 Å². The Labute approximate surface area is 291 Å². The van der Waals surface area contributed by atoms with E-state index in [9.17, 15) is 31.1 Å². The van der Waals surface area contributed by atoms with E-state index in [1.165, 1.54) is 35.7 Å². The van der Waals surface area contributed by atoms with E-state index in [2.05, 4.69) is 15.1 Å². The molecule has 2 saturated heterocycles. The molecule has 0 aliphatic carbocycles. The van der Waals surface area contributed by atoms with E-state index in [0.29, 0.717) is 42.2 Å². The fourth-order valence-corrected chi connectivity index (χ4v) is 7.61. The average Bonchev–Trinajstić information content (AvgIpc) is 3.80. The summed E-state index contributed by atoms with van der Waals surface area (Å²) in [5.74, 6) is -0.322. The zero-order valence-electron chi connectivity index (χ0n) is 29.2. The highest BCUT2D eigenvalue weighted by atomic mass is 19.4. The third-order valence-electron chi connectivity index (χ3n) is 10.1. The molecule has 0 spiro atoms. The fourth-order valence-electron chi connectivity index (χ4n) is 7.61. The number of ether oxygens (including phenoxy) is 2. The average molecular weight is 719 g/mol. The van der Waals surface area contributed by atoms with E-state index in [1.54, 1.807) is 32.6 Å². The summed E-state index contributed by atoms with van der Waals surface area (Å²) in [6, 6.07) is 6.40. The molecule has 2 aromatic heterocycles. The van der Waals surface area contributed by atoms with E-state index < -0.39 is 29.5 Å². The number of alkyl halides is 6. The third-order valence-corrected chi connectivity index (χ3v) is 10.1. The number of carbonyl (C=O) groups is 1. The van der Waals surface area contributed by atoms with E-state index in [4.69, 9.17) is 9.47 Å². The zero-order valence-corrected chi connectivity index (χ0v) is 29.2. The summed E-state index contributed by atoms with van der Waals surface area (Å²) in [6.45, 7) is 9.11. The number of aryl methyl sites for hydroxylation is 2. The van der Waals surface area contributed by atoms with Gasteiger partial charge in [-0.25, -0.2) is 9.36 Å². The van der Waals surface area contributed by atoms with Crippen LogP contribution in [0.5, 0.6) is 11.5 Å². The number of hydrogen-bond acceptors (Lipinski definition) is 6. The Morgan fingerprint density at radius 2 is 1.24 bits per heavy atom. The van der Waals surface area contributed by atoms with E-state index in [-0.39, 0.29) is 40.4 Å². The van der Waals surface area contributed by atoms with Gasteiger partial charge in [-0.2, -0.15) is 36.5 Å². The number of amides is 1. The van der Waals surface area contributed by atoms with Crippen molar-refractivity contribution in [2.75, 3.05) is 33.9 Å². The lowest BCUT2D eigenvalue weighted by molar-refractivity contribution is -0.138. The number of hydrogen-bond donors (Lipinski definition) is 0. The molecule has 9 nitrogen and oxygen atoms in total. The molecule has 0 radical (unpaired) electrons. The minimum Gasteiger partial charge on any atom is -0.497 e. The Morgan fingerprint density at radius 1 is 0.725 bits per heavy atom. The van der Waals surface area contributed by atoms with Crippen molar-refractivity contribution in [3.8, 4) is 22.9 Å². The standard InChI is InChI=1S/C36H40F6N6O3/c1-20-32(22(3)47(43-20)27-13-24(35(37,38)39)15-29(17-27)50-5)31-19-26(45-10-7-8-11-45)9-12-46(31)34(49)33-21(2)44-48(23(33)4)28-14-25(36(40,41)42)16-30(18-28)51-6/h13-18,26,31H,7-12,19H2,1-6H3. The van der Waals surface area contributed by atoms with E-state index in [1.807, 2.05) is 0 Å². The summed E-state index contributed by atoms with van der Waals surface area (Å²) in [6.07, 6.45) is -5.82. The first-order chi connectivity index (χ1) is 24.0. The molecule has 2 fully saturated rings. The number of likely N-dealkylation sites (tertiary alicyclic amines) is 2. The second-order valence-electron chi connectivity index (χ2n) is 13.2. The van der Waals surface area contributed by atoms with E-state index >= 15 is 0 Å². The number of methoxy groups -OCH3 is 2. The number of carbonyl (C=O) groups excluding carboxylic acids is 1. The van der Waals surface area contributed by atoms with Crippen LogP contribution in [0.3, 0.4) is 0 Å². The summed E-state index contributed by atoms with van der Waals surface area (Å²) < 4.78 is 96.0. The van der Waals surface area contributed by atoms with Gasteiger partial charge < -0.3 is 19.3 Å². The van der Waals surface area contributed by atoms with Gasteiger partial charge in [-0.15, -0.1) is 0 Å². The molecule has 4 heterocycles. The van der Waals surface area contributed by atoms with Crippen LogP contribution in [0.15, 0.2) is 36.4 Å². The minimum absolute atomic E-state index is 0.00865. The molecule has 2 unspecified atom stereocenters. The van der Waals surface area contributed by atoms with E-state index in [0.717, 1.165) is 55.8 Å². The predicted molar refractivity (Wildman–Crippen MR) is 177 cm³/mol. The van der Waals surface area contributed by atoms with Crippen LogP contribution < -0.4 is 9.47 Å². The first-order valence-electron chi connectivity index (χ1n) is 16.7. The second-order valence-corrected chi connectivity index (χ2v) is 13.2. The third kappa shape index (κ3) is 6.91. The molecule has 6 rings (SSSR count). The largest absolute Gasteiger partial charge is 0.497 e. The minimum atomic E-state index is -4.63. The molecule has 15 heteroatoms. The molecule has 51 heavy (non-hydrogen) atoms. The fraction of sp³-hybridized carbons (Fsp3) is 0.472. The number of piperidine rings is 1. The molecule has 0 N–H and O–H groups in total. The Bertz CT molecular complexity index is 1940. The Kier molecular flexibility index (Phi) is 9.63. The maximum atomic E-state index is 14.7. The van der Waals surface area contributed by atoms with Crippen molar-refractivity contribution in [1.82, 2.24) is 29.4 Å². The Morgan fingerprint density at radius 3 is 1.75 bits per heavy atom. The van der Waals surface area contributed by atoms with Crippen molar-refractivity contribution in [3.05, 3.63) is 81.4 Å². The van der Waals surface area contributed by atoms with Crippen LogP contribution in [0, 0.1) is 27.7 Å². The van der Waals surface area contributed by atoms with Crippen LogP contribution >= 0.6 is 0 Å². The van der Waals surface area contributed by atoms with Gasteiger partial charge in [-0.05, 0) is 90.7 Å². The zero-order chi connectivity index (χ0) is 37.0. The van der Waals surface area contributed by atoms with Crippen molar-refractivity contribution in [3.63, 3.8) is 0 Å². The van der Waals surface area contributed by atoms with Crippen molar-refractivity contribution < 1.29 is 40.6 Å². The highest BCUT2D eigenvalue weighted by molar-refractivity contribution is 5.97. The van der Waals surface area contributed by atoms with Crippen molar-refractivity contribution in [2.45, 2.75) is 77.8 Å². The van der Waals surface area contributed by atoms with Crippen molar-refractivity contribution in [2.24, 2.45) is 0 Å². The molecule has 2 aliphatic heterocycles. The number of aromatic nitrogens is 4. The topological polar surface area (TPSA) is 77.7 Å². The Balaban J connectivity index is 1.43. The molecule has 2 atom stereocenters. The van der Waals surface area contributed by atoms with Crippen LogP contribution in [0.25, 0.3) is 11.4 Å². The van der Waals surface area contributed by atoms with Crippen LogP contribution in [0.2, 0.25) is 0 Å². The van der Waals surface area contributed by atoms with Crippen LogP contribution in [-0.2, 0) is 12.4 Å². The van der Waals surface area contributed by atoms with Gasteiger partial charge in [-0.3, -0.25) is 4.79 Å². The van der Waals surface area contributed by atoms with Gasteiger partial charge in [0.1, 0.15) is 11.5 Å². The predicted octanol–water partition coefficient (Wildman–Crippen LogP) is 7.79. The Hall–Kier alpha value is -4.53. The van der Waals surface area contributed by atoms with Crippen LogP contribution in [0.1, 0.15) is 81.5 Å². The summed E-state index contributed by atoms with van der Waals surface area (Å²) in [5.41, 5.74) is 1.31. The van der Waals surface area contributed by atoms with Crippen molar-refractivity contribution >= 4 is 5.91 Å². The van der Waals surface area contributed by atoms with Gasteiger partial charge in [0.25, 0.3) is 5.91 Å². The maximum Gasteiger partial charge on any atom is 0.416 e. The molecular formula is C36H40F6N6O3. The summed E-state index contributed by atoms with van der Waals surface area (Å²) in [5, 5.41) is 9.20. The molecular weight excluding hydrogens is 678 g/mol. The highest BCUT2D eigenvalue weighted by Gasteiger charge is 2.41. The lowest BCUT2D eigenvalue weighted by Gasteiger charge is -2.43. The SMILES string of the molecule is COc1cc(-n2nc(C)c(C(=O)N3CCC(N4CCCC4)CC3c3c(C)nn(-c4cc(OC)cc(C(F)(F)F)c4)c3C)c2C)cc(C(F)(F)F)c1. The normalized spacial score (nSPS) is 18.8. The van der Waals surface area contributed by atoms with Crippen molar-refractivity contribution in [1.29, 1.82) is 0 Å². The molecule has 2 aromatic carbocycles. The quantitative estimate of drug-likeness (QED) is 0.182. The second kappa shape index (κ2) is 13.5. The number of benzene rings is 2. The van der Waals surface area contributed by atoms with Gasteiger partial charge in [0.15, 0.2) is 0 Å². The summed E-state index contributed by atoms with van der Waals surface area (Å²) in [4.78, 5) is 18.9. The molecule has 4 aromatic rings. The monoisotopic (exact) mass is 718 g/mol. The summed E-state index contributed by atoms with van der Waals surface area (Å²) >= 11 is 0. The lowest BCUT2D eigenvalue weighted by atomic mass is 9.89. The van der Waals surface area contributed by atoms with Gasteiger partial charge in [0, 0.05) is 36.0 Å². The highest BCUT2D eigenvalue weighted by Crippen LogP contribution is 2.41.